The quantitative estimate of drug-likeness (QED) is 0.525. The Morgan fingerprint density at radius 1 is 1.17 bits per heavy atom. The summed E-state index contributed by atoms with van der Waals surface area (Å²) in [7, 11) is 2.15. The van der Waals surface area contributed by atoms with Gasteiger partial charge in [0.25, 0.3) is 0 Å². The number of likely N-dealkylation sites (N-methyl/N-ethyl adjacent to an activating group) is 1. The van der Waals surface area contributed by atoms with Crippen molar-refractivity contribution < 1.29 is 14.1 Å². The lowest BCUT2D eigenvalue weighted by Crippen LogP contribution is -2.41. The van der Waals surface area contributed by atoms with Crippen LogP contribution in [0.3, 0.4) is 0 Å². The Morgan fingerprint density at radius 3 is 2.78 bits per heavy atom. The minimum absolute atomic E-state index is 0.0219. The first-order valence-electron chi connectivity index (χ1n) is 13.3. The van der Waals surface area contributed by atoms with Gasteiger partial charge in [0.2, 0.25) is 5.88 Å². The number of ether oxygens (including phenoxy) is 1. The van der Waals surface area contributed by atoms with E-state index in [0.717, 1.165) is 68.6 Å². The van der Waals surface area contributed by atoms with Gasteiger partial charge in [-0.15, -0.1) is 0 Å². The van der Waals surface area contributed by atoms with Crippen LogP contribution in [-0.4, -0.2) is 61.1 Å². The summed E-state index contributed by atoms with van der Waals surface area (Å²) < 4.78 is 14.3. The van der Waals surface area contributed by atoms with Crippen LogP contribution in [0.5, 0.6) is 5.88 Å². The maximum absolute atomic E-state index is 13.1. The third-order valence-electron chi connectivity index (χ3n) is 8.44. The van der Waals surface area contributed by atoms with Gasteiger partial charge in [-0.3, -0.25) is 14.3 Å². The molecule has 0 bridgehead atoms. The third-order valence-corrected chi connectivity index (χ3v) is 8.44. The van der Waals surface area contributed by atoms with E-state index in [0.29, 0.717) is 41.5 Å². The summed E-state index contributed by atoms with van der Waals surface area (Å²) in [5.41, 5.74) is 1.07. The van der Waals surface area contributed by atoms with Crippen molar-refractivity contribution in [2.24, 2.45) is 0 Å². The Morgan fingerprint density at radius 2 is 2.03 bits per heavy atom. The highest BCUT2D eigenvalue weighted by Gasteiger charge is 2.48. The summed E-state index contributed by atoms with van der Waals surface area (Å²) in [5.74, 6) is 3.50. The topological polar surface area (TPSA) is 99.2 Å². The molecule has 0 amide bonds. The predicted octanol–water partition coefficient (Wildman–Crippen LogP) is 4.20. The number of hydrogen-bond acceptors (Lipinski definition) is 8. The van der Waals surface area contributed by atoms with E-state index >= 15 is 0 Å². The molecule has 190 valence electrons. The second-order valence-electron chi connectivity index (χ2n) is 10.7. The summed E-state index contributed by atoms with van der Waals surface area (Å²) in [6.07, 6.45) is 11.9. The Bertz CT molecular complexity index is 1280. The molecule has 4 heterocycles. The summed E-state index contributed by atoms with van der Waals surface area (Å²) in [6.45, 7) is 5.13. The van der Waals surface area contributed by atoms with Gasteiger partial charge in [-0.2, -0.15) is 4.98 Å². The highest BCUT2D eigenvalue weighted by Crippen LogP contribution is 2.47. The lowest BCUT2D eigenvalue weighted by Gasteiger charge is -2.36. The first-order valence-corrected chi connectivity index (χ1v) is 13.3. The SMILES string of the molecule is Cc1nccn1-c1cc(O[C@@H](C)[C@@H]2CCCN2C)nc(-c2noc3c2CCC[C@@]32CCCCC2=O)n1. The van der Waals surface area contributed by atoms with Crippen molar-refractivity contribution in [3.05, 3.63) is 35.6 Å². The third kappa shape index (κ3) is 3.84. The van der Waals surface area contributed by atoms with Crippen LogP contribution in [0.15, 0.2) is 23.0 Å². The van der Waals surface area contributed by atoms with Crippen molar-refractivity contribution >= 4 is 5.78 Å². The summed E-state index contributed by atoms with van der Waals surface area (Å²) in [6, 6.07) is 2.21. The molecule has 3 aliphatic rings. The number of carbonyl (C=O) groups excluding carboxylic acids is 1. The Hall–Kier alpha value is -3.07. The normalized spacial score (nSPS) is 25.3. The van der Waals surface area contributed by atoms with E-state index in [1.165, 1.54) is 6.42 Å². The van der Waals surface area contributed by atoms with Crippen LogP contribution < -0.4 is 4.74 Å². The Kier molecular flexibility index (Phi) is 5.90. The first-order chi connectivity index (χ1) is 17.5. The van der Waals surface area contributed by atoms with E-state index in [-0.39, 0.29) is 6.10 Å². The van der Waals surface area contributed by atoms with E-state index in [2.05, 4.69) is 29.0 Å². The molecule has 9 heteroatoms. The van der Waals surface area contributed by atoms with Crippen LogP contribution in [0.25, 0.3) is 17.3 Å². The van der Waals surface area contributed by atoms with Gasteiger partial charge in [-0.25, -0.2) is 9.97 Å². The maximum atomic E-state index is 13.1. The van der Waals surface area contributed by atoms with Crippen LogP contribution in [0, 0.1) is 6.92 Å². The minimum Gasteiger partial charge on any atom is -0.473 e. The van der Waals surface area contributed by atoms with E-state index < -0.39 is 5.41 Å². The zero-order valence-corrected chi connectivity index (χ0v) is 21.4. The van der Waals surface area contributed by atoms with Crippen molar-refractivity contribution in [3.8, 4) is 23.2 Å². The monoisotopic (exact) mass is 490 g/mol. The fourth-order valence-electron chi connectivity index (χ4n) is 6.49. The first kappa shape index (κ1) is 23.3. The lowest BCUT2D eigenvalue weighted by molar-refractivity contribution is -0.128. The molecule has 0 unspecified atom stereocenters. The zero-order chi connectivity index (χ0) is 24.9. The Balaban J connectivity index is 1.42. The van der Waals surface area contributed by atoms with Crippen molar-refractivity contribution in [2.45, 2.75) is 89.2 Å². The molecule has 6 rings (SSSR count). The number of aromatic nitrogens is 5. The molecular formula is C27H34N6O3. The van der Waals surface area contributed by atoms with Gasteiger partial charge >= 0.3 is 0 Å². The Labute approximate surface area is 211 Å². The number of carbonyl (C=O) groups is 1. The van der Waals surface area contributed by atoms with Crippen molar-refractivity contribution in [1.29, 1.82) is 0 Å². The average molecular weight is 491 g/mol. The molecule has 0 aromatic carbocycles. The van der Waals surface area contributed by atoms with Crippen molar-refractivity contribution in [3.63, 3.8) is 0 Å². The van der Waals surface area contributed by atoms with E-state index in [4.69, 9.17) is 19.2 Å². The molecule has 2 fully saturated rings. The highest BCUT2D eigenvalue weighted by molar-refractivity contribution is 5.91. The second-order valence-corrected chi connectivity index (χ2v) is 10.7. The molecule has 1 saturated heterocycles. The van der Waals surface area contributed by atoms with E-state index in [9.17, 15) is 4.79 Å². The molecule has 1 aliphatic heterocycles. The standard InChI is InChI=1S/C27H34N6O3/c1-17(20-9-7-14-32(20)3)35-23-16-22(33-15-13-28-18(33)2)29-26(30-23)24-19-8-6-12-27(25(19)36-31-24)11-5-4-10-21(27)34/h13,15-17,20H,4-12,14H2,1-3H3/t17-,20-,27+/m0/s1. The zero-order valence-electron chi connectivity index (χ0n) is 21.4. The van der Waals surface area contributed by atoms with E-state index in [1.54, 1.807) is 6.20 Å². The van der Waals surface area contributed by atoms with Gasteiger partial charge in [0, 0.05) is 36.5 Å². The summed E-state index contributed by atoms with van der Waals surface area (Å²) in [4.78, 5) is 29.5. The predicted molar refractivity (Wildman–Crippen MR) is 133 cm³/mol. The minimum atomic E-state index is -0.531. The van der Waals surface area contributed by atoms with Crippen LogP contribution in [0.1, 0.15) is 75.4 Å². The number of fused-ring (bicyclic) bond motifs is 2. The largest absolute Gasteiger partial charge is 0.473 e. The van der Waals surface area contributed by atoms with Crippen LogP contribution >= 0.6 is 0 Å². The number of Topliss-reactive ketones (excluding diaryl/α,β-unsaturated/α-hetero) is 1. The average Bonchev–Trinajstić information content (AvgIpc) is 3.61. The number of ketones is 1. The van der Waals surface area contributed by atoms with Gasteiger partial charge < -0.3 is 9.26 Å². The molecule has 36 heavy (non-hydrogen) atoms. The van der Waals surface area contributed by atoms with Crippen LogP contribution in [0.2, 0.25) is 0 Å². The molecule has 2 aliphatic carbocycles. The molecule has 9 nitrogen and oxygen atoms in total. The second kappa shape index (κ2) is 9.10. The van der Waals surface area contributed by atoms with Crippen molar-refractivity contribution in [1.82, 2.24) is 29.6 Å². The van der Waals surface area contributed by atoms with Gasteiger partial charge in [-0.1, -0.05) is 11.6 Å². The smallest absolute Gasteiger partial charge is 0.219 e. The van der Waals surface area contributed by atoms with Crippen LogP contribution in [0.4, 0.5) is 0 Å². The number of nitrogens with zero attached hydrogens (tertiary/aromatic N) is 6. The fourth-order valence-corrected chi connectivity index (χ4v) is 6.49. The van der Waals surface area contributed by atoms with Crippen LogP contribution in [-0.2, 0) is 16.6 Å². The molecule has 3 aromatic rings. The maximum Gasteiger partial charge on any atom is 0.219 e. The molecule has 1 spiro atoms. The molecule has 3 aromatic heterocycles. The number of aryl methyl sites for hydroxylation is 1. The number of imidazole rings is 1. The fraction of sp³-hybridized carbons (Fsp3) is 0.593. The highest BCUT2D eigenvalue weighted by atomic mass is 16.5. The van der Waals surface area contributed by atoms with Gasteiger partial charge in [-0.05, 0) is 72.4 Å². The lowest BCUT2D eigenvalue weighted by atomic mass is 9.64. The summed E-state index contributed by atoms with van der Waals surface area (Å²) in [5, 5.41) is 4.47. The number of rotatable bonds is 5. The number of hydrogen-bond donors (Lipinski definition) is 0. The molecule has 0 radical (unpaired) electrons. The molecular weight excluding hydrogens is 456 g/mol. The summed E-state index contributed by atoms with van der Waals surface area (Å²) >= 11 is 0. The number of likely N-dealkylation sites (tertiary alicyclic amines) is 1. The van der Waals surface area contributed by atoms with E-state index in [1.807, 2.05) is 23.8 Å². The molecule has 1 saturated carbocycles. The molecule has 3 atom stereocenters. The van der Waals surface area contributed by atoms with Gasteiger partial charge in [0.1, 0.15) is 23.5 Å². The van der Waals surface area contributed by atoms with Crippen molar-refractivity contribution in [2.75, 3.05) is 13.6 Å². The van der Waals surface area contributed by atoms with Gasteiger partial charge in [0.05, 0.1) is 5.41 Å². The van der Waals surface area contributed by atoms with Gasteiger partial charge in [0.15, 0.2) is 17.3 Å². The molecule has 0 N–H and O–H groups in total.